The van der Waals surface area contributed by atoms with Crippen LogP contribution in [0.3, 0.4) is 0 Å². The number of para-hydroxylation sites is 1. The Morgan fingerprint density at radius 2 is 1.04 bits per heavy atom. The third-order valence-electron chi connectivity index (χ3n) is 13.7. The molecule has 0 bridgehead atoms. The molecular formula is C56H42O. The van der Waals surface area contributed by atoms with E-state index in [1.807, 2.05) is 0 Å². The van der Waals surface area contributed by atoms with E-state index in [-0.39, 0.29) is 10.8 Å². The summed E-state index contributed by atoms with van der Waals surface area (Å²) in [5, 5.41) is 6.37. The lowest BCUT2D eigenvalue weighted by atomic mass is 9.78. The van der Waals surface area contributed by atoms with Gasteiger partial charge >= 0.3 is 0 Å². The Hall–Kier alpha value is -6.44. The van der Waals surface area contributed by atoms with Gasteiger partial charge in [-0.1, -0.05) is 161 Å². The number of hydrogen-bond acceptors (Lipinski definition) is 1. The second-order valence-corrected chi connectivity index (χ2v) is 17.5. The zero-order valence-electron chi connectivity index (χ0n) is 32.8. The van der Waals surface area contributed by atoms with Gasteiger partial charge in [-0.3, -0.25) is 0 Å². The lowest BCUT2D eigenvalue weighted by Crippen LogP contribution is -2.15. The van der Waals surface area contributed by atoms with Crippen LogP contribution < -0.4 is 0 Å². The topological polar surface area (TPSA) is 13.1 Å². The number of rotatable bonds is 3. The molecule has 9 aromatic rings. The Labute approximate surface area is 333 Å². The first kappa shape index (κ1) is 32.8. The van der Waals surface area contributed by atoms with Crippen LogP contribution >= 0.6 is 0 Å². The van der Waals surface area contributed by atoms with E-state index < -0.39 is 0 Å². The van der Waals surface area contributed by atoms with Crippen LogP contribution in [0.5, 0.6) is 0 Å². The summed E-state index contributed by atoms with van der Waals surface area (Å²) in [6, 6.07) is 55.2. The second kappa shape index (κ2) is 11.6. The molecule has 1 aromatic heterocycles. The van der Waals surface area contributed by atoms with Gasteiger partial charge in [-0.15, -0.1) is 0 Å². The third-order valence-corrected chi connectivity index (χ3v) is 13.7. The van der Waals surface area contributed by atoms with Gasteiger partial charge in [0.15, 0.2) is 0 Å². The molecule has 3 aliphatic rings. The second-order valence-electron chi connectivity index (χ2n) is 17.5. The van der Waals surface area contributed by atoms with Gasteiger partial charge in [-0.25, -0.2) is 0 Å². The van der Waals surface area contributed by atoms with E-state index >= 15 is 0 Å². The fourth-order valence-electron chi connectivity index (χ4n) is 10.9. The largest absolute Gasteiger partial charge is 0.460 e. The Balaban J connectivity index is 1.15. The summed E-state index contributed by atoms with van der Waals surface area (Å²) in [6.07, 6.45) is 6.50. The first-order chi connectivity index (χ1) is 27.8. The van der Waals surface area contributed by atoms with Crippen LogP contribution in [0.2, 0.25) is 0 Å². The maximum atomic E-state index is 6.64. The minimum atomic E-state index is -0.179. The average molecular weight is 731 g/mol. The fraction of sp³-hybridized carbons (Fsp3) is 0.143. The molecule has 0 saturated heterocycles. The van der Waals surface area contributed by atoms with Crippen LogP contribution in [-0.4, -0.2) is 0 Å². The van der Waals surface area contributed by atoms with Crippen molar-refractivity contribution in [3.63, 3.8) is 0 Å². The van der Waals surface area contributed by atoms with Crippen molar-refractivity contribution in [1.29, 1.82) is 0 Å². The molecule has 0 aliphatic heterocycles. The maximum Gasteiger partial charge on any atom is 0.142 e. The first-order valence-electron chi connectivity index (χ1n) is 20.5. The average Bonchev–Trinajstić information content (AvgIpc) is 3.81. The molecule has 57 heavy (non-hydrogen) atoms. The highest BCUT2D eigenvalue weighted by Crippen LogP contribution is 2.55. The van der Waals surface area contributed by atoms with Crippen molar-refractivity contribution in [2.75, 3.05) is 0 Å². The number of hydrogen-bond donors (Lipinski definition) is 0. The zero-order valence-corrected chi connectivity index (χ0v) is 32.8. The molecule has 0 unspecified atom stereocenters. The van der Waals surface area contributed by atoms with Crippen molar-refractivity contribution in [3.8, 4) is 55.6 Å². The van der Waals surface area contributed by atoms with Gasteiger partial charge in [0.05, 0.1) is 0 Å². The number of furan rings is 1. The van der Waals surface area contributed by atoms with Crippen LogP contribution in [0.4, 0.5) is 0 Å². The molecule has 1 heterocycles. The minimum absolute atomic E-state index is 0.0927. The Morgan fingerprint density at radius 1 is 0.421 bits per heavy atom. The summed E-state index contributed by atoms with van der Waals surface area (Å²) in [5.74, 6) is 1.10. The highest BCUT2D eigenvalue weighted by atomic mass is 16.3. The summed E-state index contributed by atoms with van der Waals surface area (Å²) in [4.78, 5) is 0. The summed E-state index contributed by atoms with van der Waals surface area (Å²) in [7, 11) is 0. The predicted molar refractivity (Wildman–Crippen MR) is 240 cm³/mol. The van der Waals surface area contributed by atoms with Crippen LogP contribution in [0.15, 0.2) is 156 Å². The van der Waals surface area contributed by atoms with Gasteiger partial charge in [0.1, 0.15) is 11.3 Å². The third kappa shape index (κ3) is 4.46. The van der Waals surface area contributed by atoms with Crippen LogP contribution in [-0.2, 0) is 17.3 Å². The molecule has 0 fully saturated rings. The van der Waals surface area contributed by atoms with Crippen molar-refractivity contribution >= 4 is 38.6 Å². The van der Waals surface area contributed by atoms with Gasteiger partial charge in [0, 0.05) is 33.8 Å². The fourth-order valence-corrected chi connectivity index (χ4v) is 10.9. The number of benzene rings is 8. The molecule has 272 valence electrons. The van der Waals surface area contributed by atoms with Gasteiger partial charge in [-0.05, 0) is 125 Å². The Bertz CT molecular complexity index is 3220. The zero-order chi connectivity index (χ0) is 38.2. The molecule has 1 heteroatoms. The van der Waals surface area contributed by atoms with Gasteiger partial charge in [0.2, 0.25) is 0 Å². The standard InChI is InChI=1S/C56H42O/c1-55(2)47-23-12-10-17-37(47)38-27-25-35(30-49(38)55)53-41-20-9-8-19-40(41)52(33-15-6-5-7-16-33)46-32-50-44(31-45(46)53)43-29-34(26-28-48(43)56(50,3)4)36-21-14-22-42-39-18-11-13-24-51(39)57-54(36)42/h5-12,14-23,25-32H,13,24H2,1-4H3. The molecular weight excluding hydrogens is 689 g/mol. The van der Waals surface area contributed by atoms with Gasteiger partial charge < -0.3 is 4.42 Å². The van der Waals surface area contributed by atoms with Crippen molar-refractivity contribution < 1.29 is 4.42 Å². The number of allylic oxidation sites excluding steroid dienone is 1. The van der Waals surface area contributed by atoms with E-state index in [1.165, 1.54) is 105 Å². The number of aryl methyl sites for hydroxylation is 1. The van der Waals surface area contributed by atoms with Gasteiger partial charge in [0.25, 0.3) is 0 Å². The molecule has 8 aromatic carbocycles. The summed E-state index contributed by atoms with van der Waals surface area (Å²) < 4.78 is 6.64. The predicted octanol–water partition coefficient (Wildman–Crippen LogP) is 15.3. The van der Waals surface area contributed by atoms with E-state index in [0.29, 0.717) is 0 Å². The Morgan fingerprint density at radius 3 is 1.86 bits per heavy atom. The van der Waals surface area contributed by atoms with E-state index in [4.69, 9.17) is 4.42 Å². The molecule has 3 aliphatic carbocycles. The lowest BCUT2D eigenvalue weighted by molar-refractivity contribution is 0.547. The molecule has 0 radical (unpaired) electrons. The molecule has 1 nitrogen and oxygen atoms in total. The maximum absolute atomic E-state index is 6.64. The highest BCUT2D eigenvalue weighted by Gasteiger charge is 2.38. The molecule has 0 saturated carbocycles. The first-order valence-corrected chi connectivity index (χ1v) is 20.5. The Kier molecular flexibility index (Phi) is 6.64. The SMILES string of the molecule is CC1(C)c2ccccc2-c2ccc(-c3c4ccccc4c(-c4ccccc4)c4cc5c(cc34)-c3cc(-c4cccc6c7c(oc46)CCC=C7)ccc3C5(C)C)cc21. The normalized spacial score (nSPS) is 15.4. The lowest BCUT2D eigenvalue weighted by Gasteiger charge is -2.25. The number of fused-ring (bicyclic) bond motifs is 11. The van der Waals surface area contributed by atoms with Crippen molar-refractivity contribution in [2.45, 2.75) is 51.4 Å². The molecule has 12 rings (SSSR count). The smallest absolute Gasteiger partial charge is 0.142 e. The molecule has 0 amide bonds. The van der Waals surface area contributed by atoms with E-state index in [9.17, 15) is 0 Å². The highest BCUT2D eigenvalue weighted by molar-refractivity contribution is 6.22. The van der Waals surface area contributed by atoms with Crippen molar-refractivity contribution in [1.82, 2.24) is 0 Å². The van der Waals surface area contributed by atoms with E-state index in [0.717, 1.165) is 29.7 Å². The van der Waals surface area contributed by atoms with Crippen LogP contribution in [0.1, 0.15) is 67.7 Å². The van der Waals surface area contributed by atoms with Gasteiger partial charge in [-0.2, -0.15) is 0 Å². The summed E-state index contributed by atoms with van der Waals surface area (Å²) in [6.45, 7) is 9.58. The molecule has 0 N–H and O–H groups in total. The summed E-state index contributed by atoms with van der Waals surface area (Å²) >= 11 is 0. The van der Waals surface area contributed by atoms with Crippen LogP contribution in [0, 0.1) is 0 Å². The van der Waals surface area contributed by atoms with Crippen molar-refractivity contribution in [3.05, 3.63) is 185 Å². The summed E-state index contributed by atoms with van der Waals surface area (Å²) in [5.41, 5.74) is 20.3. The molecule has 0 spiro atoms. The van der Waals surface area contributed by atoms with E-state index in [2.05, 4.69) is 185 Å². The minimum Gasteiger partial charge on any atom is -0.460 e. The monoisotopic (exact) mass is 730 g/mol. The van der Waals surface area contributed by atoms with E-state index in [1.54, 1.807) is 0 Å². The van der Waals surface area contributed by atoms with Crippen LogP contribution in [0.25, 0.3) is 94.2 Å². The quantitative estimate of drug-likeness (QED) is 0.165. The molecule has 0 atom stereocenters. The van der Waals surface area contributed by atoms with Crippen molar-refractivity contribution in [2.24, 2.45) is 0 Å².